The van der Waals surface area contributed by atoms with Gasteiger partial charge in [0.2, 0.25) is 0 Å². The summed E-state index contributed by atoms with van der Waals surface area (Å²) in [7, 11) is 0. The molecule has 2 atom stereocenters. The minimum atomic E-state index is 0.512. The predicted molar refractivity (Wildman–Crippen MR) is 62.4 cm³/mol. The maximum atomic E-state index is 5.69. The van der Waals surface area contributed by atoms with Gasteiger partial charge in [-0.2, -0.15) is 0 Å². The number of nitrogens with two attached hydrogens (primary N) is 1. The summed E-state index contributed by atoms with van der Waals surface area (Å²) in [6.45, 7) is 3.31. The molecule has 1 heterocycles. The van der Waals surface area contributed by atoms with Crippen LogP contribution in [0.3, 0.4) is 0 Å². The lowest BCUT2D eigenvalue weighted by atomic mass is 9.99. The summed E-state index contributed by atoms with van der Waals surface area (Å²) < 4.78 is 0. The number of fused-ring (bicyclic) bond motifs is 1. The van der Waals surface area contributed by atoms with Crippen molar-refractivity contribution in [2.24, 2.45) is 10.7 Å². The second kappa shape index (κ2) is 4.36. The summed E-state index contributed by atoms with van der Waals surface area (Å²) in [6.07, 6.45) is 5.70. The van der Waals surface area contributed by atoms with Gasteiger partial charge in [0, 0.05) is 6.04 Å². The van der Waals surface area contributed by atoms with Crippen LogP contribution in [0, 0.1) is 0 Å². The molecule has 78 valence electrons. The Hall–Kier alpha value is -0.480. The smallest absolute Gasteiger partial charge is 0.159 e. The van der Waals surface area contributed by atoms with E-state index in [2.05, 4.69) is 23.3 Å². The summed E-state index contributed by atoms with van der Waals surface area (Å²) in [5.74, 6) is 0. The standard InChI is InChI=1S/C10H17N3S/c1-2-5-12-7-3-4-8-9(6-7)14-10(11)13-8/h4,7,9,12H,2-3,5-6H2,1H3,(H2,11,13). The number of nitrogens with zero attached hydrogens (tertiary/aromatic N) is 1. The molecule has 0 radical (unpaired) electrons. The quantitative estimate of drug-likeness (QED) is 0.743. The van der Waals surface area contributed by atoms with E-state index in [-0.39, 0.29) is 0 Å². The highest BCUT2D eigenvalue weighted by atomic mass is 32.2. The molecule has 2 rings (SSSR count). The molecule has 0 bridgehead atoms. The van der Waals surface area contributed by atoms with E-state index in [4.69, 9.17) is 5.73 Å². The molecule has 0 aromatic rings. The number of rotatable bonds is 3. The normalized spacial score (nSPS) is 30.9. The summed E-state index contributed by atoms with van der Waals surface area (Å²) in [4.78, 5) is 4.32. The summed E-state index contributed by atoms with van der Waals surface area (Å²) in [6, 6.07) is 0.622. The van der Waals surface area contributed by atoms with Crippen LogP contribution in [0.25, 0.3) is 0 Å². The second-order valence-corrected chi connectivity index (χ2v) is 5.03. The summed E-state index contributed by atoms with van der Waals surface area (Å²) in [5, 5.41) is 4.79. The Morgan fingerprint density at radius 1 is 1.71 bits per heavy atom. The fraction of sp³-hybridized carbons (Fsp3) is 0.700. The van der Waals surface area contributed by atoms with Gasteiger partial charge in [-0.25, -0.2) is 4.99 Å². The first kappa shape index (κ1) is 10.1. The maximum Gasteiger partial charge on any atom is 0.159 e. The van der Waals surface area contributed by atoms with Crippen LogP contribution in [0.1, 0.15) is 26.2 Å². The van der Waals surface area contributed by atoms with E-state index in [1.165, 1.54) is 18.5 Å². The van der Waals surface area contributed by atoms with Gasteiger partial charge in [-0.15, -0.1) is 0 Å². The van der Waals surface area contributed by atoms with E-state index in [1.807, 2.05) is 0 Å². The molecule has 4 heteroatoms. The molecule has 0 saturated heterocycles. The van der Waals surface area contributed by atoms with Gasteiger partial charge in [0.25, 0.3) is 0 Å². The Bertz CT molecular complexity index is 273. The fourth-order valence-electron chi connectivity index (χ4n) is 1.91. The van der Waals surface area contributed by atoms with E-state index in [1.54, 1.807) is 11.8 Å². The third kappa shape index (κ3) is 2.12. The molecule has 0 spiro atoms. The number of hydrogen-bond donors (Lipinski definition) is 2. The van der Waals surface area contributed by atoms with E-state index in [9.17, 15) is 0 Å². The Balaban J connectivity index is 1.90. The van der Waals surface area contributed by atoms with Gasteiger partial charge in [0.15, 0.2) is 5.17 Å². The van der Waals surface area contributed by atoms with Crippen LogP contribution in [0.5, 0.6) is 0 Å². The van der Waals surface area contributed by atoms with Gasteiger partial charge in [0.05, 0.1) is 10.9 Å². The number of amidine groups is 1. The zero-order valence-corrected chi connectivity index (χ0v) is 9.31. The molecule has 1 aliphatic heterocycles. The number of nitrogens with one attached hydrogen (secondary N) is 1. The van der Waals surface area contributed by atoms with Crippen LogP contribution in [0.2, 0.25) is 0 Å². The lowest BCUT2D eigenvalue weighted by Gasteiger charge is -2.24. The molecule has 0 amide bonds. The molecule has 3 nitrogen and oxygen atoms in total. The highest BCUT2D eigenvalue weighted by molar-refractivity contribution is 8.14. The van der Waals surface area contributed by atoms with Crippen LogP contribution in [-0.4, -0.2) is 23.0 Å². The number of thioether (sulfide) groups is 1. The molecule has 14 heavy (non-hydrogen) atoms. The van der Waals surface area contributed by atoms with Crippen molar-refractivity contribution < 1.29 is 0 Å². The van der Waals surface area contributed by atoms with Crippen molar-refractivity contribution >= 4 is 16.9 Å². The third-order valence-electron chi connectivity index (χ3n) is 2.63. The molecule has 0 aromatic carbocycles. The van der Waals surface area contributed by atoms with Crippen LogP contribution in [0.4, 0.5) is 0 Å². The first-order valence-electron chi connectivity index (χ1n) is 5.24. The van der Waals surface area contributed by atoms with Gasteiger partial charge in [-0.1, -0.05) is 24.8 Å². The van der Waals surface area contributed by atoms with Crippen molar-refractivity contribution in [1.29, 1.82) is 0 Å². The zero-order chi connectivity index (χ0) is 9.97. The monoisotopic (exact) mass is 211 g/mol. The van der Waals surface area contributed by atoms with Crippen molar-refractivity contribution in [3.05, 3.63) is 11.8 Å². The Morgan fingerprint density at radius 2 is 2.57 bits per heavy atom. The van der Waals surface area contributed by atoms with Crippen molar-refractivity contribution in [2.45, 2.75) is 37.5 Å². The lowest BCUT2D eigenvalue weighted by molar-refractivity contribution is 0.473. The molecular weight excluding hydrogens is 194 g/mol. The predicted octanol–water partition coefficient (Wildman–Crippen LogP) is 1.46. The van der Waals surface area contributed by atoms with Crippen molar-refractivity contribution in [2.75, 3.05) is 6.54 Å². The highest BCUT2D eigenvalue weighted by Gasteiger charge is 2.29. The molecule has 0 aromatic heterocycles. The largest absolute Gasteiger partial charge is 0.378 e. The highest BCUT2D eigenvalue weighted by Crippen LogP contribution is 2.35. The van der Waals surface area contributed by atoms with E-state index in [0.717, 1.165) is 18.1 Å². The van der Waals surface area contributed by atoms with E-state index in [0.29, 0.717) is 11.3 Å². The Kier molecular flexibility index (Phi) is 3.13. The van der Waals surface area contributed by atoms with Gasteiger partial charge in [-0.05, 0) is 25.8 Å². The lowest BCUT2D eigenvalue weighted by Crippen LogP contribution is -2.34. The van der Waals surface area contributed by atoms with Crippen molar-refractivity contribution in [3.63, 3.8) is 0 Å². The maximum absolute atomic E-state index is 5.69. The second-order valence-electron chi connectivity index (χ2n) is 3.81. The molecule has 0 fully saturated rings. The molecule has 0 saturated carbocycles. The topological polar surface area (TPSA) is 50.4 Å². The van der Waals surface area contributed by atoms with E-state index >= 15 is 0 Å². The molecular formula is C10H17N3S. The van der Waals surface area contributed by atoms with Crippen LogP contribution in [-0.2, 0) is 0 Å². The molecule has 3 N–H and O–H groups in total. The minimum Gasteiger partial charge on any atom is -0.378 e. The summed E-state index contributed by atoms with van der Waals surface area (Å²) >= 11 is 1.71. The van der Waals surface area contributed by atoms with Crippen LogP contribution in [0.15, 0.2) is 16.8 Å². The first-order valence-corrected chi connectivity index (χ1v) is 6.12. The SMILES string of the molecule is CCCNC1CC=C2N=C(N)SC2C1. The average Bonchev–Trinajstić information content (AvgIpc) is 2.54. The minimum absolute atomic E-state index is 0.512. The number of hydrogen-bond acceptors (Lipinski definition) is 4. The number of aliphatic imine (C=N–C) groups is 1. The third-order valence-corrected chi connectivity index (χ3v) is 3.68. The van der Waals surface area contributed by atoms with Crippen molar-refractivity contribution in [3.8, 4) is 0 Å². The Labute approximate surface area is 89.2 Å². The van der Waals surface area contributed by atoms with Crippen molar-refractivity contribution in [1.82, 2.24) is 5.32 Å². The zero-order valence-electron chi connectivity index (χ0n) is 8.49. The Morgan fingerprint density at radius 3 is 3.36 bits per heavy atom. The molecule has 2 unspecified atom stereocenters. The van der Waals surface area contributed by atoms with Gasteiger partial charge >= 0.3 is 0 Å². The first-order chi connectivity index (χ1) is 6.79. The average molecular weight is 211 g/mol. The van der Waals surface area contributed by atoms with Gasteiger partial charge < -0.3 is 11.1 Å². The van der Waals surface area contributed by atoms with Gasteiger partial charge in [-0.3, -0.25) is 0 Å². The van der Waals surface area contributed by atoms with Gasteiger partial charge in [0.1, 0.15) is 0 Å². The summed E-state index contributed by atoms with van der Waals surface area (Å²) in [5.41, 5.74) is 6.89. The fourth-order valence-corrected chi connectivity index (χ4v) is 2.96. The van der Waals surface area contributed by atoms with Crippen LogP contribution >= 0.6 is 11.8 Å². The molecule has 1 aliphatic carbocycles. The van der Waals surface area contributed by atoms with Crippen LogP contribution < -0.4 is 11.1 Å². The molecule has 2 aliphatic rings. The van der Waals surface area contributed by atoms with E-state index < -0.39 is 0 Å².